The van der Waals surface area contributed by atoms with Gasteiger partial charge in [-0.15, -0.1) is 12.4 Å². The van der Waals surface area contributed by atoms with Crippen LogP contribution in [0.4, 0.5) is 0 Å². The van der Waals surface area contributed by atoms with E-state index in [9.17, 15) is 0 Å². The SMILES string of the molecule is CCC(N)Cc1ccccc1OC(C)C.Cl. The first-order chi connectivity index (χ1) is 7.13. The van der Waals surface area contributed by atoms with E-state index in [1.807, 2.05) is 32.0 Å². The van der Waals surface area contributed by atoms with Crippen molar-refractivity contribution in [2.75, 3.05) is 0 Å². The van der Waals surface area contributed by atoms with Crippen LogP contribution in [0.3, 0.4) is 0 Å². The number of rotatable bonds is 5. The molecule has 0 heterocycles. The quantitative estimate of drug-likeness (QED) is 0.862. The van der Waals surface area contributed by atoms with Gasteiger partial charge < -0.3 is 10.5 Å². The molecule has 1 aromatic carbocycles. The smallest absolute Gasteiger partial charge is 0.122 e. The summed E-state index contributed by atoms with van der Waals surface area (Å²) in [6.45, 7) is 6.18. The molecule has 0 aliphatic heterocycles. The molecule has 0 aromatic heterocycles. The second kappa shape index (κ2) is 7.53. The highest BCUT2D eigenvalue weighted by Crippen LogP contribution is 2.20. The third-order valence-electron chi connectivity index (χ3n) is 2.34. The number of para-hydroxylation sites is 1. The summed E-state index contributed by atoms with van der Waals surface area (Å²) in [5.41, 5.74) is 7.16. The van der Waals surface area contributed by atoms with Crippen LogP contribution in [0, 0.1) is 0 Å². The van der Waals surface area contributed by atoms with E-state index in [-0.39, 0.29) is 24.6 Å². The van der Waals surface area contributed by atoms with Gasteiger partial charge in [-0.1, -0.05) is 25.1 Å². The third-order valence-corrected chi connectivity index (χ3v) is 2.34. The fraction of sp³-hybridized carbons (Fsp3) is 0.538. The van der Waals surface area contributed by atoms with E-state index >= 15 is 0 Å². The summed E-state index contributed by atoms with van der Waals surface area (Å²) in [7, 11) is 0. The normalized spacial score (nSPS) is 12.1. The molecule has 0 aliphatic carbocycles. The second-order valence-electron chi connectivity index (χ2n) is 4.15. The van der Waals surface area contributed by atoms with Crippen LogP contribution in [0.15, 0.2) is 24.3 Å². The highest BCUT2D eigenvalue weighted by atomic mass is 35.5. The molecule has 0 saturated carbocycles. The zero-order valence-electron chi connectivity index (χ0n) is 10.3. The Kier molecular flexibility index (Phi) is 7.18. The fourth-order valence-electron chi connectivity index (χ4n) is 1.47. The molecule has 2 nitrogen and oxygen atoms in total. The van der Waals surface area contributed by atoms with Gasteiger partial charge in [0.2, 0.25) is 0 Å². The van der Waals surface area contributed by atoms with Crippen LogP contribution in [0.1, 0.15) is 32.8 Å². The fourth-order valence-corrected chi connectivity index (χ4v) is 1.47. The van der Waals surface area contributed by atoms with E-state index < -0.39 is 0 Å². The molecular formula is C13H22ClNO. The molecular weight excluding hydrogens is 222 g/mol. The monoisotopic (exact) mass is 243 g/mol. The minimum atomic E-state index is 0. The van der Waals surface area contributed by atoms with Gasteiger partial charge in [0.25, 0.3) is 0 Å². The van der Waals surface area contributed by atoms with E-state index in [0.29, 0.717) is 0 Å². The first-order valence-electron chi connectivity index (χ1n) is 5.63. The van der Waals surface area contributed by atoms with Gasteiger partial charge in [0.15, 0.2) is 0 Å². The largest absolute Gasteiger partial charge is 0.491 e. The molecule has 1 atom stereocenters. The first-order valence-corrected chi connectivity index (χ1v) is 5.63. The molecule has 0 spiro atoms. The number of ether oxygens (including phenoxy) is 1. The number of benzene rings is 1. The lowest BCUT2D eigenvalue weighted by Gasteiger charge is -2.16. The van der Waals surface area contributed by atoms with Crippen molar-refractivity contribution in [3.8, 4) is 5.75 Å². The molecule has 16 heavy (non-hydrogen) atoms. The Morgan fingerprint density at radius 1 is 1.25 bits per heavy atom. The first kappa shape index (κ1) is 15.3. The Balaban J connectivity index is 0.00000225. The zero-order valence-corrected chi connectivity index (χ0v) is 11.1. The lowest BCUT2D eigenvalue weighted by Crippen LogP contribution is -2.22. The van der Waals surface area contributed by atoms with Gasteiger partial charge in [-0.05, 0) is 38.3 Å². The van der Waals surface area contributed by atoms with Crippen LogP contribution in [0.25, 0.3) is 0 Å². The molecule has 3 heteroatoms. The van der Waals surface area contributed by atoms with Gasteiger partial charge in [0.1, 0.15) is 5.75 Å². The van der Waals surface area contributed by atoms with Crippen LogP contribution in [0.5, 0.6) is 5.75 Å². The Morgan fingerprint density at radius 2 is 1.88 bits per heavy atom. The molecule has 0 aliphatic rings. The Morgan fingerprint density at radius 3 is 2.44 bits per heavy atom. The van der Waals surface area contributed by atoms with Crippen LogP contribution in [-0.4, -0.2) is 12.1 Å². The van der Waals surface area contributed by atoms with E-state index in [0.717, 1.165) is 18.6 Å². The Hall–Kier alpha value is -0.730. The zero-order chi connectivity index (χ0) is 11.3. The maximum atomic E-state index is 5.95. The predicted octanol–water partition coefficient (Wildman–Crippen LogP) is 3.18. The van der Waals surface area contributed by atoms with Crippen LogP contribution >= 0.6 is 12.4 Å². The summed E-state index contributed by atoms with van der Waals surface area (Å²) in [6.07, 6.45) is 2.10. The Bertz CT molecular complexity index is 302. The number of halogens is 1. The average Bonchev–Trinajstić information content (AvgIpc) is 2.20. The lowest BCUT2D eigenvalue weighted by atomic mass is 10.0. The van der Waals surface area contributed by atoms with Crippen molar-refractivity contribution >= 4 is 12.4 Å². The minimum absolute atomic E-state index is 0. The number of nitrogens with two attached hydrogens (primary N) is 1. The summed E-state index contributed by atoms with van der Waals surface area (Å²) in [5.74, 6) is 0.969. The van der Waals surface area contributed by atoms with Crippen molar-refractivity contribution in [1.29, 1.82) is 0 Å². The second-order valence-corrected chi connectivity index (χ2v) is 4.15. The summed E-state index contributed by atoms with van der Waals surface area (Å²) < 4.78 is 5.74. The predicted molar refractivity (Wildman–Crippen MR) is 71.4 cm³/mol. The van der Waals surface area contributed by atoms with Gasteiger partial charge in [-0.25, -0.2) is 0 Å². The van der Waals surface area contributed by atoms with E-state index in [2.05, 4.69) is 13.0 Å². The molecule has 0 bridgehead atoms. The molecule has 0 radical (unpaired) electrons. The molecule has 92 valence electrons. The maximum absolute atomic E-state index is 5.95. The standard InChI is InChI=1S/C13H21NO.ClH/c1-4-12(14)9-11-7-5-6-8-13(11)15-10(2)3;/h5-8,10,12H,4,9,14H2,1-3H3;1H. The van der Waals surface area contributed by atoms with Gasteiger partial charge in [-0.2, -0.15) is 0 Å². The molecule has 0 fully saturated rings. The topological polar surface area (TPSA) is 35.2 Å². The van der Waals surface area contributed by atoms with Crippen LogP contribution < -0.4 is 10.5 Å². The molecule has 0 saturated heterocycles. The molecule has 1 rings (SSSR count). The summed E-state index contributed by atoms with van der Waals surface area (Å²) >= 11 is 0. The minimum Gasteiger partial charge on any atom is -0.491 e. The van der Waals surface area contributed by atoms with Crippen molar-refractivity contribution < 1.29 is 4.74 Å². The van der Waals surface area contributed by atoms with Crippen molar-refractivity contribution in [2.24, 2.45) is 5.73 Å². The van der Waals surface area contributed by atoms with Gasteiger partial charge in [0.05, 0.1) is 6.10 Å². The highest BCUT2D eigenvalue weighted by Gasteiger charge is 2.08. The van der Waals surface area contributed by atoms with E-state index in [4.69, 9.17) is 10.5 Å². The summed E-state index contributed by atoms with van der Waals surface area (Å²) in [6, 6.07) is 8.36. The van der Waals surface area contributed by atoms with Crippen molar-refractivity contribution in [3.63, 3.8) is 0 Å². The maximum Gasteiger partial charge on any atom is 0.122 e. The van der Waals surface area contributed by atoms with Crippen molar-refractivity contribution in [1.82, 2.24) is 0 Å². The molecule has 2 N–H and O–H groups in total. The average molecular weight is 244 g/mol. The molecule has 1 unspecified atom stereocenters. The summed E-state index contributed by atoms with van der Waals surface area (Å²) in [4.78, 5) is 0. The van der Waals surface area contributed by atoms with Crippen LogP contribution in [0.2, 0.25) is 0 Å². The molecule has 0 amide bonds. The Labute approximate surface area is 105 Å². The van der Waals surface area contributed by atoms with E-state index in [1.54, 1.807) is 0 Å². The van der Waals surface area contributed by atoms with Gasteiger partial charge in [0, 0.05) is 6.04 Å². The third kappa shape index (κ3) is 4.86. The van der Waals surface area contributed by atoms with Crippen molar-refractivity contribution in [2.45, 2.75) is 45.8 Å². The van der Waals surface area contributed by atoms with Crippen molar-refractivity contribution in [3.05, 3.63) is 29.8 Å². The number of hydrogen-bond donors (Lipinski definition) is 1. The number of hydrogen-bond acceptors (Lipinski definition) is 2. The van der Waals surface area contributed by atoms with Gasteiger partial charge >= 0.3 is 0 Å². The highest BCUT2D eigenvalue weighted by molar-refractivity contribution is 5.85. The summed E-state index contributed by atoms with van der Waals surface area (Å²) in [5, 5.41) is 0. The van der Waals surface area contributed by atoms with Crippen LogP contribution in [-0.2, 0) is 6.42 Å². The molecule has 1 aromatic rings. The lowest BCUT2D eigenvalue weighted by molar-refractivity contribution is 0.239. The van der Waals surface area contributed by atoms with E-state index in [1.165, 1.54) is 5.56 Å². The van der Waals surface area contributed by atoms with Gasteiger partial charge in [-0.3, -0.25) is 0 Å².